The highest BCUT2D eigenvalue weighted by atomic mass is 32.1. The summed E-state index contributed by atoms with van der Waals surface area (Å²) in [5.74, 6) is -0.291. The van der Waals surface area contributed by atoms with Gasteiger partial charge in [0, 0.05) is 12.2 Å². The maximum atomic E-state index is 12.9. The van der Waals surface area contributed by atoms with Crippen molar-refractivity contribution in [2.45, 2.75) is 13.5 Å². The molecule has 0 radical (unpaired) electrons. The molecule has 0 heterocycles. The third-order valence-corrected chi connectivity index (χ3v) is 2.38. The highest BCUT2D eigenvalue weighted by molar-refractivity contribution is 7.80. The zero-order valence-electron chi connectivity index (χ0n) is 9.33. The van der Waals surface area contributed by atoms with Gasteiger partial charge in [-0.2, -0.15) is 5.26 Å². The Labute approximate surface area is 105 Å². The number of allylic oxidation sites excluding steroid dienone is 1. The minimum Gasteiger partial charge on any atom is -0.389 e. The number of nitriles is 1. The maximum Gasteiger partial charge on any atom is 0.123 e. The van der Waals surface area contributed by atoms with Gasteiger partial charge in [0.1, 0.15) is 22.4 Å². The van der Waals surface area contributed by atoms with Crippen molar-refractivity contribution in [1.82, 2.24) is 5.32 Å². The predicted octanol–water partition coefficient (Wildman–Crippen LogP) is 2.00. The van der Waals surface area contributed by atoms with Crippen LogP contribution in [-0.2, 0) is 6.54 Å². The van der Waals surface area contributed by atoms with Crippen molar-refractivity contribution in [3.8, 4) is 6.07 Å². The molecule has 1 aromatic rings. The zero-order valence-corrected chi connectivity index (χ0v) is 10.1. The van der Waals surface area contributed by atoms with Gasteiger partial charge < -0.3 is 11.1 Å². The summed E-state index contributed by atoms with van der Waals surface area (Å²) in [5.41, 5.74) is 7.01. The second-order valence-corrected chi connectivity index (χ2v) is 3.90. The molecule has 17 heavy (non-hydrogen) atoms. The van der Waals surface area contributed by atoms with Crippen LogP contribution < -0.4 is 11.1 Å². The van der Waals surface area contributed by atoms with Gasteiger partial charge in [-0.1, -0.05) is 24.4 Å². The summed E-state index contributed by atoms with van der Waals surface area (Å²) in [4.78, 5) is 0.0525. The van der Waals surface area contributed by atoms with Crippen molar-refractivity contribution in [3.63, 3.8) is 0 Å². The van der Waals surface area contributed by atoms with Crippen LogP contribution in [0.3, 0.4) is 0 Å². The first kappa shape index (κ1) is 13.1. The van der Waals surface area contributed by atoms with Gasteiger partial charge in [-0.3, -0.25) is 0 Å². The molecule has 0 unspecified atom stereocenters. The lowest BCUT2D eigenvalue weighted by atomic mass is 10.2. The summed E-state index contributed by atoms with van der Waals surface area (Å²) in [6, 6.07) is 8.14. The number of thiocarbonyl (C=S) groups is 1. The van der Waals surface area contributed by atoms with E-state index in [2.05, 4.69) is 5.32 Å². The lowest BCUT2D eigenvalue weighted by Gasteiger charge is -2.08. The zero-order chi connectivity index (χ0) is 12.8. The Hall–Kier alpha value is -1.93. The van der Waals surface area contributed by atoms with E-state index < -0.39 is 0 Å². The minimum absolute atomic E-state index is 0.0525. The molecule has 88 valence electrons. The molecule has 0 fully saturated rings. The molecule has 0 spiro atoms. The van der Waals surface area contributed by atoms with Gasteiger partial charge in [0.25, 0.3) is 0 Å². The van der Waals surface area contributed by atoms with Crippen molar-refractivity contribution in [3.05, 3.63) is 46.9 Å². The quantitative estimate of drug-likeness (QED) is 0.487. The Bertz CT molecular complexity index is 503. The molecule has 3 N–H and O–H groups in total. The molecule has 1 rings (SSSR count). The molecule has 0 aliphatic rings. The van der Waals surface area contributed by atoms with Crippen molar-refractivity contribution in [2.75, 3.05) is 0 Å². The molecule has 0 saturated heterocycles. The monoisotopic (exact) mass is 249 g/mol. The number of nitrogens with zero attached hydrogens (tertiary/aromatic N) is 1. The molecule has 0 saturated carbocycles. The number of nitrogens with one attached hydrogen (secondary N) is 1. The molecular formula is C12H12FN3S. The van der Waals surface area contributed by atoms with E-state index in [1.807, 2.05) is 6.07 Å². The van der Waals surface area contributed by atoms with Gasteiger partial charge >= 0.3 is 0 Å². The van der Waals surface area contributed by atoms with E-state index in [1.165, 1.54) is 12.1 Å². The first-order valence-corrected chi connectivity index (χ1v) is 5.34. The summed E-state index contributed by atoms with van der Waals surface area (Å²) in [6.45, 7) is 2.12. The molecule has 0 aliphatic heterocycles. The standard InChI is InChI=1S/C12H12FN3S/c1-8(11(6-14)12(15)17)16-7-9-3-2-4-10(13)5-9/h2-5,16H,7H2,1H3,(H2,15,17). The fourth-order valence-corrected chi connectivity index (χ4v) is 1.49. The van der Waals surface area contributed by atoms with Crippen LogP contribution in [0.25, 0.3) is 0 Å². The minimum atomic E-state index is -0.291. The Morgan fingerprint density at radius 2 is 2.29 bits per heavy atom. The normalized spacial score (nSPS) is 11.4. The molecule has 0 aliphatic carbocycles. The molecule has 0 bridgehead atoms. The van der Waals surface area contributed by atoms with Gasteiger partial charge in [-0.05, 0) is 24.6 Å². The average molecular weight is 249 g/mol. The van der Waals surface area contributed by atoms with Crippen LogP contribution >= 0.6 is 12.2 Å². The molecule has 1 aromatic carbocycles. The third kappa shape index (κ3) is 3.85. The van der Waals surface area contributed by atoms with Gasteiger partial charge in [0.15, 0.2) is 0 Å². The van der Waals surface area contributed by atoms with Gasteiger partial charge in [-0.25, -0.2) is 4.39 Å². The van der Waals surface area contributed by atoms with Gasteiger partial charge in [0.2, 0.25) is 0 Å². The van der Waals surface area contributed by atoms with Crippen LogP contribution in [-0.4, -0.2) is 4.99 Å². The summed E-state index contributed by atoms with van der Waals surface area (Å²) >= 11 is 4.74. The molecule has 5 heteroatoms. The smallest absolute Gasteiger partial charge is 0.123 e. The first-order chi connectivity index (χ1) is 8.04. The van der Waals surface area contributed by atoms with E-state index >= 15 is 0 Å². The van der Waals surface area contributed by atoms with Crippen molar-refractivity contribution >= 4 is 17.2 Å². The Balaban J connectivity index is 2.75. The van der Waals surface area contributed by atoms with Crippen LogP contribution in [0.4, 0.5) is 4.39 Å². The first-order valence-electron chi connectivity index (χ1n) is 4.93. The summed E-state index contributed by atoms with van der Waals surface area (Å²) in [7, 11) is 0. The Morgan fingerprint density at radius 3 is 2.82 bits per heavy atom. The van der Waals surface area contributed by atoms with Crippen molar-refractivity contribution < 1.29 is 4.39 Å². The van der Waals surface area contributed by atoms with Crippen LogP contribution in [0.1, 0.15) is 12.5 Å². The van der Waals surface area contributed by atoms with E-state index in [4.69, 9.17) is 23.2 Å². The lowest BCUT2D eigenvalue weighted by molar-refractivity contribution is 0.624. The number of rotatable bonds is 4. The fraction of sp³-hybridized carbons (Fsp3) is 0.167. The number of nitrogens with two attached hydrogens (primary N) is 1. The van der Waals surface area contributed by atoms with E-state index in [1.54, 1.807) is 19.1 Å². The Morgan fingerprint density at radius 1 is 1.59 bits per heavy atom. The van der Waals surface area contributed by atoms with E-state index in [9.17, 15) is 4.39 Å². The number of hydrogen-bond acceptors (Lipinski definition) is 3. The summed E-state index contributed by atoms with van der Waals surface area (Å²) in [5, 5.41) is 11.8. The predicted molar refractivity (Wildman–Crippen MR) is 68.3 cm³/mol. The average Bonchev–Trinajstić information content (AvgIpc) is 2.27. The Kier molecular flexibility index (Phi) is 4.61. The lowest BCUT2D eigenvalue weighted by Crippen LogP contribution is -2.19. The van der Waals surface area contributed by atoms with Crippen LogP contribution in [0.5, 0.6) is 0 Å². The number of halogens is 1. The maximum absolute atomic E-state index is 12.9. The summed E-state index contributed by atoms with van der Waals surface area (Å²) < 4.78 is 12.9. The van der Waals surface area contributed by atoms with Crippen LogP contribution in [0.2, 0.25) is 0 Å². The SMILES string of the molecule is CC(NCc1cccc(F)c1)=C(C#N)C(N)=S. The van der Waals surface area contributed by atoms with Crippen molar-refractivity contribution in [2.24, 2.45) is 5.73 Å². The summed E-state index contributed by atoms with van der Waals surface area (Å²) in [6.07, 6.45) is 0. The van der Waals surface area contributed by atoms with E-state index in [-0.39, 0.29) is 16.4 Å². The second-order valence-electron chi connectivity index (χ2n) is 3.46. The molecular weight excluding hydrogens is 237 g/mol. The topological polar surface area (TPSA) is 61.8 Å². The molecule has 3 nitrogen and oxygen atoms in total. The van der Waals surface area contributed by atoms with Crippen LogP contribution in [0, 0.1) is 17.1 Å². The third-order valence-electron chi connectivity index (χ3n) is 2.18. The highest BCUT2D eigenvalue weighted by Crippen LogP contribution is 2.06. The molecule has 0 atom stereocenters. The van der Waals surface area contributed by atoms with Crippen LogP contribution in [0.15, 0.2) is 35.5 Å². The molecule has 0 amide bonds. The van der Waals surface area contributed by atoms with Crippen molar-refractivity contribution in [1.29, 1.82) is 5.26 Å². The fourth-order valence-electron chi connectivity index (χ4n) is 1.29. The van der Waals surface area contributed by atoms with Gasteiger partial charge in [-0.15, -0.1) is 0 Å². The van der Waals surface area contributed by atoms with E-state index in [0.29, 0.717) is 12.2 Å². The second kappa shape index (κ2) is 5.97. The van der Waals surface area contributed by atoms with Gasteiger partial charge in [0.05, 0.1) is 0 Å². The van der Waals surface area contributed by atoms with E-state index in [0.717, 1.165) is 5.56 Å². The number of hydrogen-bond donors (Lipinski definition) is 2. The largest absolute Gasteiger partial charge is 0.389 e. The number of benzene rings is 1. The molecule has 0 aromatic heterocycles. The highest BCUT2D eigenvalue weighted by Gasteiger charge is 2.04.